The van der Waals surface area contributed by atoms with Crippen molar-refractivity contribution in [1.29, 1.82) is 5.26 Å². The fraction of sp³-hybridized carbons (Fsp3) is 0.364. The minimum Gasteiger partial charge on any atom is -0.337 e. The van der Waals surface area contributed by atoms with Crippen molar-refractivity contribution < 1.29 is 4.79 Å². The third-order valence-corrected chi connectivity index (χ3v) is 5.04. The van der Waals surface area contributed by atoms with Crippen LogP contribution in [0.3, 0.4) is 0 Å². The normalized spacial score (nSPS) is 15.1. The van der Waals surface area contributed by atoms with Gasteiger partial charge in [-0.15, -0.1) is 0 Å². The van der Waals surface area contributed by atoms with Crippen molar-refractivity contribution in [2.45, 2.75) is 19.3 Å². The van der Waals surface area contributed by atoms with E-state index in [1.165, 1.54) is 18.4 Å². The van der Waals surface area contributed by atoms with Crippen LogP contribution >= 0.6 is 0 Å². The highest BCUT2D eigenvalue weighted by molar-refractivity contribution is 5.89. The van der Waals surface area contributed by atoms with Gasteiger partial charge in [-0.2, -0.15) is 5.26 Å². The summed E-state index contributed by atoms with van der Waals surface area (Å²) in [5, 5.41) is 14.6. The van der Waals surface area contributed by atoms with Gasteiger partial charge in [-0.1, -0.05) is 36.4 Å². The van der Waals surface area contributed by atoms with Gasteiger partial charge in [-0.25, -0.2) is 4.79 Å². The number of nitrogens with one attached hydrogen (secondary N) is 2. The molecule has 0 aromatic heterocycles. The topological polar surface area (TPSA) is 68.2 Å². The minimum atomic E-state index is -0.232. The lowest BCUT2D eigenvalue weighted by Crippen LogP contribution is -2.40. The number of carbonyl (C=O) groups excluding carboxylic acids is 1. The van der Waals surface area contributed by atoms with Crippen molar-refractivity contribution >= 4 is 11.7 Å². The summed E-state index contributed by atoms with van der Waals surface area (Å²) in [6.07, 6.45) is 3.58. The molecule has 0 unspecified atom stereocenters. The highest BCUT2D eigenvalue weighted by Gasteiger charge is 2.19. The second kappa shape index (κ2) is 9.75. The molecule has 2 aromatic carbocycles. The smallest absolute Gasteiger partial charge is 0.319 e. The number of urea groups is 1. The van der Waals surface area contributed by atoms with Gasteiger partial charge < -0.3 is 15.5 Å². The standard InChI is InChI=1S/C22H26N4O/c23-17-20-7-4-8-21(16-20)25-22(27)24-11-14-26-12-9-19(10-13-26)15-18-5-2-1-3-6-18/h1-8,16,19H,9-15H2,(H2,24,25,27). The lowest BCUT2D eigenvalue weighted by Gasteiger charge is -2.32. The van der Waals surface area contributed by atoms with Crippen LogP contribution in [-0.2, 0) is 6.42 Å². The Morgan fingerprint density at radius 2 is 1.89 bits per heavy atom. The Kier molecular flexibility index (Phi) is 6.84. The van der Waals surface area contributed by atoms with Gasteiger partial charge in [0.1, 0.15) is 0 Å². The van der Waals surface area contributed by atoms with E-state index in [1.54, 1.807) is 24.3 Å². The molecule has 27 heavy (non-hydrogen) atoms. The first-order chi connectivity index (χ1) is 13.2. The summed E-state index contributed by atoms with van der Waals surface area (Å²) in [7, 11) is 0. The second-order valence-corrected chi connectivity index (χ2v) is 7.05. The van der Waals surface area contributed by atoms with Gasteiger partial charge in [0.15, 0.2) is 0 Å². The first kappa shape index (κ1) is 18.9. The molecule has 5 heteroatoms. The predicted octanol–water partition coefficient (Wildman–Crippen LogP) is 3.63. The molecule has 1 heterocycles. The molecule has 1 aliphatic rings. The van der Waals surface area contributed by atoms with E-state index in [2.05, 4.69) is 51.9 Å². The van der Waals surface area contributed by atoms with Crippen LogP contribution in [-0.4, -0.2) is 37.1 Å². The summed E-state index contributed by atoms with van der Waals surface area (Å²) in [5.74, 6) is 0.757. The first-order valence-electron chi connectivity index (χ1n) is 9.54. The monoisotopic (exact) mass is 362 g/mol. The molecule has 2 N–H and O–H groups in total. The number of nitriles is 1. The molecule has 2 aromatic rings. The summed E-state index contributed by atoms with van der Waals surface area (Å²) >= 11 is 0. The Labute approximate surface area is 161 Å². The molecule has 0 bridgehead atoms. The van der Waals surface area contributed by atoms with Gasteiger partial charge in [0.05, 0.1) is 11.6 Å². The summed E-state index contributed by atoms with van der Waals surface area (Å²) in [6.45, 7) is 3.66. The van der Waals surface area contributed by atoms with Crippen molar-refractivity contribution in [1.82, 2.24) is 10.2 Å². The predicted molar refractivity (Wildman–Crippen MR) is 107 cm³/mol. The summed E-state index contributed by atoms with van der Waals surface area (Å²) in [4.78, 5) is 14.4. The van der Waals surface area contributed by atoms with E-state index in [-0.39, 0.29) is 6.03 Å². The zero-order chi connectivity index (χ0) is 18.9. The van der Waals surface area contributed by atoms with Crippen LogP contribution in [0, 0.1) is 17.2 Å². The number of anilines is 1. The van der Waals surface area contributed by atoms with Gasteiger partial charge in [-0.3, -0.25) is 0 Å². The number of hydrogen-bond acceptors (Lipinski definition) is 3. The Balaban J connectivity index is 1.33. The zero-order valence-electron chi connectivity index (χ0n) is 15.5. The van der Waals surface area contributed by atoms with E-state index in [0.717, 1.165) is 32.0 Å². The number of benzene rings is 2. The van der Waals surface area contributed by atoms with E-state index in [1.807, 2.05) is 0 Å². The number of rotatable bonds is 6. The molecule has 0 spiro atoms. The van der Waals surface area contributed by atoms with Gasteiger partial charge in [0, 0.05) is 18.8 Å². The molecular weight excluding hydrogens is 336 g/mol. The third-order valence-electron chi connectivity index (χ3n) is 5.04. The van der Waals surface area contributed by atoms with Crippen molar-refractivity contribution in [3.8, 4) is 6.07 Å². The van der Waals surface area contributed by atoms with Crippen molar-refractivity contribution in [2.75, 3.05) is 31.5 Å². The molecule has 0 saturated carbocycles. The quantitative estimate of drug-likeness (QED) is 0.824. The van der Waals surface area contributed by atoms with Crippen LogP contribution in [0.4, 0.5) is 10.5 Å². The van der Waals surface area contributed by atoms with E-state index >= 15 is 0 Å². The van der Waals surface area contributed by atoms with Gasteiger partial charge in [0.25, 0.3) is 0 Å². The summed E-state index contributed by atoms with van der Waals surface area (Å²) in [6, 6.07) is 19.4. The molecule has 1 aliphatic heterocycles. The first-order valence-corrected chi connectivity index (χ1v) is 9.54. The average molecular weight is 362 g/mol. The number of likely N-dealkylation sites (tertiary alicyclic amines) is 1. The maximum atomic E-state index is 12.0. The molecular formula is C22H26N4O. The number of carbonyl (C=O) groups is 1. The largest absolute Gasteiger partial charge is 0.337 e. The number of nitrogens with zero attached hydrogens (tertiary/aromatic N) is 2. The summed E-state index contributed by atoms with van der Waals surface area (Å²) in [5.41, 5.74) is 2.59. The third kappa shape index (κ3) is 6.12. The van der Waals surface area contributed by atoms with E-state index in [0.29, 0.717) is 17.8 Å². The van der Waals surface area contributed by atoms with E-state index in [4.69, 9.17) is 5.26 Å². The van der Waals surface area contributed by atoms with Gasteiger partial charge >= 0.3 is 6.03 Å². The molecule has 2 amide bonds. The number of piperidine rings is 1. The maximum Gasteiger partial charge on any atom is 0.319 e. The second-order valence-electron chi connectivity index (χ2n) is 7.05. The van der Waals surface area contributed by atoms with Crippen LogP contribution in [0.25, 0.3) is 0 Å². The van der Waals surface area contributed by atoms with Gasteiger partial charge in [-0.05, 0) is 62.0 Å². The lowest BCUT2D eigenvalue weighted by atomic mass is 9.90. The SMILES string of the molecule is N#Cc1cccc(NC(=O)NCCN2CCC(Cc3ccccc3)CC2)c1. The Bertz CT molecular complexity index is 776. The van der Waals surface area contributed by atoms with Crippen LogP contribution in [0.2, 0.25) is 0 Å². The summed E-state index contributed by atoms with van der Waals surface area (Å²) < 4.78 is 0. The Morgan fingerprint density at radius 1 is 1.11 bits per heavy atom. The van der Waals surface area contributed by atoms with Crippen LogP contribution < -0.4 is 10.6 Å². The molecule has 5 nitrogen and oxygen atoms in total. The van der Waals surface area contributed by atoms with E-state index in [9.17, 15) is 4.79 Å². The number of hydrogen-bond donors (Lipinski definition) is 2. The molecule has 0 aliphatic carbocycles. The number of amides is 2. The molecule has 140 valence electrons. The molecule has 3 rings (SSSR count). The molecule has 1 fully saturated rings. The van der Waals surface area contributed by atoms with Crippen LogP contribution in [0.15, 0.2) is 54.6 Å². The van der Waals surface area contributed by atoms with Crippen LogP contribution in [0.5, 0.6) is 0 Å². The van der Waals surface area contributed by atoms with E-state index < -0.39 is 0 Å². The molecule has 1 saturated heterocycles. The zero-order valence-corrected chi connectivity index (χ0v) is 15.5. The van der Waals surface area contributed by atoms with Crippen molar-refractivity contribution in [2.24, 2.45) is 5.92 Å². The fourth-order valence-corrected chi connectivity index (χ4v) is 3.53. The molecule has 0 radical (unpaired) electrons. The average Bonchev–Trinajstić information content (AvgIpc) is 2.70. The minimum absolute atomic E-state index is 0.232. The lowest BCUT2D eigenvalue weighted by molar-refractivity contribution is 0.184. The Hall–Kier alpha value is -2.84. The van der Waals surface area contributed by atoms with Crippen molar-refractivity contribution in [3.63, 3.8) is 0 Å². The highest BCUT2D eigenvalue weighted by Crippen LogP contribution is 2.21. The fourth-order valence-electron chi connectivity index (χ4n) is 3.53. The van der Waals surface area contributed by atoms with Gasteiger partial charge in [0.2, 0.25) is 0 Å². The highest BCUT2D eigenvalue weighted by atomic mass is 16.2. The molecule has 0 atom stereocenters. The maximum absolute atomic E-state index is 12.0. The Morgan fingerprint density at radius 3 is 2.63 bits per heavy atom. The van der Waals surface area contributed by atoms with Crippen molar-refractivity contribution in [3.05, 3.63) is 65.7 Å². The van der Waals surface area contributed by atoms with Crippen LogP contribution in [0.1, 0.15) is 24.0 Å².